The minimum atomic E-state index is -0.525. The Hall–Kier alpha value is -3.48. The summed E-state index contributed by atoms with van der Waals surface area (Å²) in [4.78, 5) is 43.7. The van der Waals surface area contributed by atoms with Crippen LogP contribution in [0.3, 0.4) is 0 Å². The van der Waals surface area contributed by atoms with Gasteiger partial charge < -0.3 is 9.64 Å². The minimum Gasteiger partial charge on any atom is -0.455 e. The van der Waals surface area contributed by atoms with Gasteiger partial charge in [0.05, 0.1) is 23.7 Å². The number of benzene rings is 2. The number of carbonyl (C=O) groups is 2. The third-order valence-electron chi connectivity index (χ3n) is 5.76. The molecule has 2 heterocycles. The Kier molecular flexibility index (Phi) is 5.84. The first-order chi connectivity index (χ1) is 15.0. The molecular weight excluding hydrogens is 394 g/mol. The molecule has 0 saturated heterocycles. The maximum absolute atomic E-state index is 12.8. The summed E-state index contributed by atoms with van der Waals surface area (Å²) >= 11 is 0. The van der Waals surface area contributed by atoms with Crippen molar-refractivity contribution in [3.63, 3.8) is 0 Å². The number of carbonyl (C=O) groups excluding carboxylic acids is 2. The van der Waals surface area contributed by atoms with Crippen molar-refractivity contribution in [2.24, 2.45) is 0 Å². The smallest absolute Gasteiger partial charge is 0.308 e. The van der Waals surface area contributed by atoms with Gasteiger partial charge in [-0.15, -0.1) is 0 Å². The fraction of sp³-hybridized carbons (Fsp3) is 0.333. The lowest BCUT2D eigenvalue weighted by molar-refractivity contribution is -0.148. The zero-order chi connectivity index (χ0) is 22.0. The fourth-order valence-electron chi connectivity index (χ4n) is 4.06. The van der Waals surface area contributed by atoms with E-state index < -0.39 is 5.97 Å². The van der Waals surface area contributed by atoms with Gasteiger partial charge in [0.1, 0.15) is 0 Å². The molecule has 0 aliphatic carbocycles. The SMILES string of the molecule is Cc1cccc2c(=O)n(CCC(=O)OCC(=O)N3c4ccccc4CCC3C)cnc12. The maximum atomic E-state index is 12.8. The van der Waals surface area contributed by atoms with Crippen LogP contribution in [0.4, 0.5) is 5.69 Å². The summed E-state index contributed by atoms with van der Waals surface area (Å²) in [7, 11) is 0. The van der Waals surface area contributed by atoms with Crippen LogP contribution in [-0.4, -0.2) is 34.1 Å². The Morgan fingerprint density at radius 3 is 2.81 bits per heavy atom. The fourth-order valence-corrected chi connectivity index (χ4v) is 4.06. The van der Waals surface area contributed by atoms with Crippen molar-refractivity contribution < 1.29 is 14.3 Å². The van der Waals surface area contributed by atoms with Crippen LogP contribution in [0.25, 0.3) is 10.9 Å². The lowest BCUT2D eigenvalue weighted by Gasteiger charge is -2.35. The molecule has 1 amide bonds. The van der Waals surface area contributed by atoms with Gasteiger partial charge in [0.25, 0.3) is 11.5 Å². The quantitative estimate of drug-likeness (QED) is 0.594. The van der Waals surface area contributed by atoms with Gasteiger partial charge >= 0.3 is 5.97 Å². The minimum absolute atomic E-state index is 0.0155. The molecule has 0 bridgehead atoms. The number of aromatic nitrogens is 2. The van der Waals surface area contributed by atoms with E-state index in [0.717, 1.165) is 29.7 Å². The summed E-state index contributed by atoms with van der Waals surface area (Å²) in [5.41, 5.74) is 3.39. The van der Waals surface area contributed by atoms with Crippen LogP contribution in [-0.2, 0) is 27.3 Å². The second-order valence-corrected chi connectivity index (χ2v) is 7.91. The molecule has 1 unspecified atom stereocenters. The maximum Gasteiger partial charge on any atom is 0.308 e. The molecule has 0 spiro atoms. The molecule has 0 N–H and O–H groups in total. The summed E-state index contributed by atoms with van der Waals surface area (Å²) in [5.74, 6) is -0.768. The van der Waals surface area contributed by atoms with E-state index in [9.17, 15) is 14.4 Å². The van der Waals surface area contributed by atoms with Crippen molar-refractivity contribution in [1.29, 1.82) is 0 Å². The van der Waals surface area contributed by atoms with E-state index >= 15 is 0 Å². The zero-order valence-corrected chi connectivity index (χ0v) is 17.7. The average Bonchev–Trinajstić information content (AvgIpc) is 2.77. The summed E-state index contributed by atoms with van der Waals surface area (Å²) in [6.07, 6.45) is 3.23. The number of para-hydroxylation sites is 2. The lowest BCUT2D eigenvalue weighted by Crippen LogP contribution is -2.44. The Morgan fingerprint density at radius 1 is 1.16 bits per heavy atom. The number of ether oxygens (including phenoxy) is 1. The highest BCUT2D eigenvalue weighted by Gasteiger charge is 2.28. The van der Waals surface area contributed by atoms with Crippen LogP contribution in [0.5, 0.6) is 0 Å². The summed E-state index contributed by atoms with van der Waals surface area (Å²) in [6.45, 7) is 3.72. The molecule has 0 radical (unpaired) electrons. The third-order valence-corrected chi connectivity index (χ3v) is 5.76. The van der Waals surface area contributed by atoms with Crippen molar-refractivity contribution in [3.05, 3.63) is 70.3 Å². The molecule has 31 heavy (non-hydrogen) atoms. The van der Waals surface area contributed by atoms with Gasteiger partial charge in [-0.3, -0.25) is 19.0 Å². The van der Waals surface area contributed by atoms with Gasteiger partial charge in [0.15, 0.2) is 6.61 Å². The van der Waals surface area contributed by atoms with E-state index in [1.54, 1.807) is 11.0 Å². The highest BCUT2D eigenvalue weighted by molar-refractivity contribution is 5.96. The number of hydrogen-bond donors (Lipinski definition) is 0. The number of esters is 1. The molecule has 2 aromatic carbocycles. The topological polar surface area (TPSA) is 81.5 Å². The van der Waals surface area contributed by atoms with E-state index in [-0.39, 0.29) is 37.1 Å². The van der Waals surface area contributed by atoms with Crippen LogP contribution in [0.1, 0.15) is 30.9 Å². The van der Waals surface area contributed by atoms with Crippen molar-refractivity contribution in [2.45, 2.75) is 45.7 Å². The number of aryl methyl sites for hydroxylation is 3. The molecule has 1 aromatic heterocycles. The van der Waals surface area contributed by atoms with Crippen molar-refractivity contribution in [1.82, 2.24) is 9.55 Å². The normalized spacial score (nSPS) is 15.5. The lowest BCUT2D eigenvalue weighted by atomic mass is 9.96. The van der Waals surface area contributed by atoms with Crippen LogP contribution < -0.4 is 10.5 Å². The number of fused-ring (bicyclic) bond motifs is 2. The zero-order valence-electron chi connectivity index (χ0n) is 17.7. The third kappa shape index (κ3) is 4.21. The van der Waals surface area contributed by atoms with Crippen molar-refractivity contribution in [3.8, 4) is 0 Å². The number of anilines is 1. The number of hydrogen-bond acceptors (Lipinski definition) is 5. The van der Waals surface area contributed by atoms with Gasteiger partial charge in [-0.1, -0.05) is 30.3 Å². The van der Waals surface area contributed by atoms with Crippen LogP contribution in [0.15, 0.2) is 53.6 Å². The monoisotopic (exact) mass is 419 g/mol. The standard InChI is InChI=1S/C24H25N3O4/c1-16-6-5-8-19-23(16)25-15-26(24(19)30)13-12-22(29)31-14-21(28)27-17(2)10-11-18-7-3-4-9-20(18)27/h3-9,15,17H,10-14H2,1-2H3. The average molecular weight is 419 g/mol. The number of rotatable bonds is 5. The van der Waals surface area contributed by atoms with E-state index in [0.29, 0.717) is 10.9 Å². The molecule has 7 heteroatoms. The van der Waals surface area contributed by atoms with E-state index in [2.05, 4.69) is 4.98 Å². The van der Waals surface area contributed by atoms with E-state index in [1.165, 1.54) is 10.9 Å². The summed E-state index contributed by atoms with van der Waals surface area (Å²) < 4.78 is 6.62. The van der Waals surface area contributed by atoms with Gasteiger partial charge in [0, 0.05) is 18.3 Å². The Labute approximate surface area is 180 Å². The van der Waals surface area contributed by atoms with Crippen LogP contribution in [0.2, 0.25) is 0 Å². The Bertz CT molecular complexity index is 1200. The first-order valence-corrected chi connectivity index (χ1v) is 10.5. The Morgan fingerprint density at radius 2 is 1.97 bits per heavy atom. The molecule has 7 nitrogen and oxygen atoms in total. The molecule has 0 fully saturated rings. The van der Waals surface area contributed by atoms with Gasteiger partial charge in [-0.25, -0.2) is 4.98 Å². The number of nitrogens with zero attached hydrogens (tertiary/aromatic N) is 3. The predicted molar refractivity (Wildman–Crippen MR) is 118 cm³/mol. The molecule has 160 valence electrons. The largest absolute Gasteiger partial charge is 0.455 e. The van der Waals surface area contributed by atoms with E-state index in [1.807, 2.05) is 50.2 Å². The van der Waals surface area contributed by atoms with Crippen molar-refractivity contribution >= 4 is 28.5 Å². The molecule has 1 aliphatic rings. The van der Waals surface area contributed by atoms with E-state index in [4.69, 9.17) is 4.74 Å². The number of amides is 1. The molecule has 3 aromatic rings. The second kappa shape index (κ2) is 8.71. The van der Waals surface area contributed by atoms with Gasteiger partial charge in [-0.05, 0) is 49.9 Å². The molecule has 1 atom stereocenters. The highest BCUT2D eigenvalue weighted by Crippen LogP contribution is 2.30. The molecule has 0 saturated carbocycles. The first-order valence-electron chi connectivity index (χ1n) is 10.5. The molecule has 1 aliphatic heterocycles. The molecular formula is C24H25N3O4. The first kappa shape index (κ1) is 20.8. The summed E-state index contributed by atoms with van der Waals surface area (Å²) in [6, 6.07) is 13.3. The second-order valence-electron chi connectivity index (χ2n) is 7.91. The predicted octanol–water partition coefficient (Wildman–Crippen LogP) is 3.01. The van der Waals surface area contributed by atoms with Gasteiger partial charge in [-0.2, -0.15) is 0 Å². The Balaban J connectivity index is 1.37. The van der Waals surface area contributed by atoms with Crippen LogP contribution >= 0.6 is 0 Å². The molecule has 4 rings (SSSR count). The highest BCUT2D eigenvalue weighted by atomic mass is 16.5. The van der Waals surface area contributed by atoms with Crippen molar-refractivity contribution in [2.75, 3.05) is 11.5 Å². The van der Waals surface area contributed by atoms with Gasteiger partial charge in [0.2, 0.25) is 0 Å². The summed E-state index contributed by atoms with van der Waals surface area (Å²) in [5, 5.41) is 0.517. The van der Waals surface area contributed by atoms with Crippen LogP contribution in [0, 0.1) is 6.92 Å².